The number of fused-ring (bicyclic) bond motifs is 1. The Morgan fingerprint density at radius 1 is 1.57 bits per heavy atom. The van der Waals surface area contributed by atoms with Gasteiger partial charge in [-0.15, -0.1) is 11.8 Å². The van der Waals surface area contributed by atoms with Crippen LogP contribution in [0.4, 0.5) is 0 Å². The van der Waals surface area contributed by atoms with Crippen LogP contribution in [-0.4, -0.2) is 49.1 Å². The van der Waals surface area contributed by atoms with Crippen LogP contribution in [0.1, 0.15) is 6.92 Å². The van der Waals surface area contributed by atoms with Crippen LogP contribution in [0.5, 0.6) is 0 Å². The normalized spacial score (nSPS) is 23.9. The summed E-state index contributed by atoms with van der Waals surface area (Å²) in [6.45, 7) is 1.53. The number of aliphatic hydroxyl groups excluding tert-OH is 1. The molecule has 23 heavy (non-hydrogen) atoms. The summed E-state index contributed by atoms with van der Waals surface area (Å²) in [5, 5.41) is 21.3. The van der Waals surface area contributed by atoms with Gasteiger partial charge in [0, 0.05) is 23.1 Å². The minimum Gasteiger partial charge on any atom is -0.543 e. The molecule has 1 saturated heterocycles. The van der Waals surface area contributed by atoms with E-state index >= 15 is 0 Å². The van der Waals surface area contributed by atoms with Crippen LogP contribution in [0, 0.1) is 5.92 Å². The zero-order chi connectivity index (χ0) is 15.9. The molecular weight excluding hydrogens is 365 g/mol. The van der Waals surface area contributed by atoms with Gasteiger partial charge in [-0.2, -0.15) is 0 Å². The number of hydrogen-bond donors (Lipinski definition) is 1. The number of aliphatic hydroxyl groups is 1. The van der Waals surface area contributed by atoms with Crippen LogP contribution in [0.2, 0.25) is 0 Å². The molecule has 1 N–H and O–H groups in total. The van der Waals surface area contributed by atoms with Crippen molar-refractivity contribution in [2.75, 3.05) is 5.75 Å². The van der Waals surface area contributed by atoms with E-state index in [1.165, 1.54) is 35.3 Å². The van der Waals surface area contributed by atoms with Crippen molar-refractivity contribution >= 4 is 35.4 Å². The van der Waals surface area contributed by atoms with Gasteiger partial charge in [0.05, 0.1) is 29.9 Å². The Balaban J connectivity index is 0.00000192. The molecule has 3 atom stereocenters. The van der Waals surface area contributed by atoms with Crippen molar-refractivity contribution in [3.05, 3.63) is 29.2 Å². The van der Waals surface area contributed by atoms with Crippen molar-refractivity contribution in [1.29, 1.82) is 0 Å². The average molecular weight is 377 g/mol. The maximum Gasteiger partial charge on any atom is 1.00 e. The van der Waals surface area contributed by atoms with E-state index < -0.39 is 18.0 Å². The summed E-state index contributed by atoms with van der Waals surface area (Å²) in [7, 11) is 0. The minimum absolute atomic E-state index is 0. The molecule has 116 valence electrons. The van der Waals surface area contributed by atoms with E-state index in [1.807, 2.05) is 0 Å². The van der Waals surface area contributed by atoms with E-state index in [-0.39, 0.29) is 68.4 Å². The number of carbonyl (C=O) groups excluding carboxylic acids is 2. The van der Waals surface area contributed by atoms with Gasteiger partial charge in [-0.3, -0.25) is 14.7 Å². The zero-order valence-corrected chi connectivity index (χ0v) is 17.3. The number of carboxylic acid groups (broad SMARTS) is 1. The van der Waals surface area contributed by atoms with Gasteiger partial charge in [0.25, 0.3) is 0 Å². The van der Waals surface area contributed by atoms with Gasteiger partial charge in [0.15, 0.2) is 0 Å². The van der Waals surface area contributed by atoms with Crippen molar-refractivity contribution in [2.24, 2.45) is 5.92 Å². The third-order valence-corrected chi connectivity index (χ3v) is 5.95. The molecule has 3 heterocycles. The number of aromatic nitrogens is 2. The second-order valence-electron chi connectivity index (χ2n) is 4.87. The maximum absolute atomic E-state index is 12.0. The third kappa shape index (κ3) is 3.69. The van der Waals surface area contributed by atoms with Crippen LogP contribution in [0.3, 0.4) is 0 Å². The first-order valence-electron chi connectivity index (χ1n) is 6.52. The first-order valence-corrected chi connectivity index (χ1v) is 8.38. The molecule has 0 aromatic carbocycles. The Hall–Kier alpha value is 0.0564. The van der Waals surface area contributed by atoms with Crippen molar-refractivity contribution in [2.45, 2.75) is 23.4 Å². The van der Waals surface area contributed by atoms with Gasteiger partial charge in [-0.05, 0) is 6.92 Å². The van der Waals surface area contributed by atoms with Crippen molar-refractivity contribution in [3.63, 3.8) is 0 Å². The molecule has 0 unspecified atom stereocenters. The SMILES string of the molecule is C[C@@H](O)[C@H]1C(=O)N2C(C(=O)[O-])=C(CSc3cnccn3)S[C@H]12.[K+]. The molecule has 0 saturated carbocycles. The summed E-state index contributed by atoms with van der Waals surface area (Å²) >= 11 is 2.63. The summed E-state index contributed by atoms with van der Waals surface area (Å²) in [5.74, 6) is -1.95. The first kappa shape index (κ1) is 19.4. The number of carbonyl (C=O) groups is 2. The van der Waals surface area contributed by atoms with E-state index in [1.54, 1.807) is 18.6 Å². The number of β-lactam (4-membered cyclic amide) rings is 1. The van der Waals surface area contributed by atoms with Crippen molar-refractivity contribution in [3.8, 4) is 0 Å². The minimum atomic E-state index is -1.37. The number of aliphatic carboxylic acids is 1. The van der Waals surface area contributed by atoms with Gasteiger partial charge < -0.3 is 15.0 Å². The molecule has 2 aliphatic rings. The van der Waals surface area contributed by atoms with Crippen LogP contribution >= 0.6 is 23.5 Å². The molecule has 0 spiro atoms. The molecule has 2 aliphatic heterocycles. The average Bonchev–Trinajstić information content (AvgIpc) is 2.80. The molecule has 3 rings (SSSR count). The fourth-order valence-corrected chi connectivity index (χ4v) is 4.97. The van der Waals surface area contributed by atoms with Gasteiger partial charge in [-0.25, -0.2) is 4.98 Å². The number of thioether (sulfide) groups is 2. The fraction of sp³-hybridized carbons (Fsp3) is 0.385. The first-order chi connectivity index (χ1) is 10.5. The Bertz CT molecular complexity index is 656. The number of hydrogen-bond acceptors (Lipinski definition) is 8. The van der Waals surface area contributed by atoms with E-state index in [0.717, 1.165) is 0 Å². The maximum atomic E-state index is 12.0. The largest absolute Gasteiger partial charge is 1.00 e. The monoisotopic (exact) mass is 377 g/mol. The molecule has 1 aromatic rings. The van der Waals surface area contributed by atoms with Gasteiger partial charge in [-0.1, -0.05) is 11.8 Å². The summed E-state index contributed by atoms with van der Waals surface area (Å²) < 4.78 is 0. The quantitative estimate of drug-likeness (QED) is 0.319. The van der Waals surface area contributed by atoms with Gasteiger partial charge >= 0.3 is 51.4 Å². The Kier molecular flexibility index (Phi) is 6.71. The molecular formula is C13H12KN3O4S2. The van der Waals surface area contributed by atoms with Crippen LogP contribution in [-0.2, 0) is 9.59 Å². The van der Waals surface area contributed by atoms with Crippen LogP contribution in [0.25, 0.3) is 0 Å². The smallest absolute Gasteiger partial charge is 0.543 e. The zero-order valence-electron chi connectivity index (χ0n) is 12.5. The van der Waals surface area contributed by atoms with Gasteiger partial charge in [0.1, 0.15) is 10.4 Å². The van der Waals surface area contributed by atoms with Crippen LogP contribution in [0.15, 0.2) is 34.2 Å². The Morgan fingerprint density at radius 3 is 2.87 bits per heavy atom. The third-order valence-electron chi connectivity index (χ3n) is 3.46. The molecule has 0 aliphatic carbocycles. The second kappa shape index (κ2) is 7.96. The van der Waals surface area contributed by atoms with Gasteiger partial charge in [0.2, 0.25) is 5.91 Å². The molecule has 1 aromatic heterocycles. The number of rotatable bonds is 5. The number of carboxylic acids is 1. The summed E-state index contributed by atoms with van der Waals surface area (Å²) in [5.41, 5.74) is -0.0895. The van der Waals surface area contributed by atoms with E-state index in [9.17, 15) is 19.8 Å². The Morgan fingerprint density at radius 2 is 2.30 bits per heavy atom. The molecule has 1 fully saturated rings. The predicted molar refractivity (Wildman–Crippen MR) is 78.2 cm³/mol. The molecule has 0 radical (unpaired) electrons. The number of amides is 1. The van der Waals surface area contributed by atoms with E-state index in [0.29, 0.717) is 15.7 Å². The summed E-state index contributed by atoms with van der Waals surface area (Å²) in [6, 6.07) is 0. The van der Waals surface area contributed by atoms with E-state index in [4.69, 9.17) is 0 Å². The summed E-state index contributed by atoms with van der Waals surface area (Å²) in [6.07, 6.45) is 3.88. The molecule has 1 amide bonds. The second-order valence-corrected chi connectivity index (χ2v) is 7.08. The summed E-state index contributed by atoms with van der Waals surface area (Å²) in [4.78, 5) is 33.2. The number of nitrogens with zero attached hydrogens (tertiary/aromatic N) is 3. The standard InChI is InChI=1S/C13H13N3O4S2.K/c1-6(17)9-11(18)16-10(13(19)20)7(22-12(9)16)5-21-8-4-14-2-3-15-8;/h2-4,6,9,12,17H,5H2,1H3,(H,19,20);/q;+1/p-1/t6-,9+,12-;/m1./s1. The van der Waals surface area contributed by atoms with Crippen molar-refractivity contribution < 1.29 is 71.2 Å². The Labute approximate surface area is 183 Å². The predicted octanol–water partition coefficient (Wildman–Crippen LogP) is -3.55. The molecule has 0 bridgehead atoms. The van der Waals surface area contributed by atoms with Crippen molar-refractivity contribution in [1.82, 2.24) is 14.9 Å². The topological polar surface area (TPSA) is 106 Å². The molecule has 7 nitrogen and oxygen atoms in total. The van der Waals surface area contributed by atoms with Crippen LogP contribution < -0.4 is 56.5 Å². The van der Waals surface area contributed by atoms with E-state index in [2.05, 4.69) is 9.97 Å². The molecule has 10 heteroatoms. The fourth-order valence-electron chi connectivity index (χ4n) is 2.44.